The predicted molar refractivity (Wildman–Crippen MR) is 78.5 cm³/mol. The normalized spacial score (nSPS) is 9.95. The van der Waals surface area contributed by atoms with Gasteiger partial charge in [0, 0.05) is 18.1 Å². The highest BCUT2D eigenvalue weighted by atomic mass is 79.9. The molecule has 0 aliphatic carbocycles. The molecule has 0 saturated carbocycles. The molecule has 6 heteroatoms. The largest absolute Gasteiger partial charge is 0.484 e. The fraction of sp³-hybridized carbons (Fsp3) is 0.429. The van der Waals surface area contributed by atoms with Crippen LogP contribution in [0, 0.1) is 0 Å². The van der Waals surface area contributed by atoms with Gasteiger partial charge in [0.1, 0.15) is 5.75 Å². The van der Waals surface area contributed by atoms with E-state index in [-0.39, 0.29) is 24.9 Å². The first-order valence-corrected chi connectivity index (χ1v) is 7.10. The molecule has 0 aromatic heterocycles. The Morgan fingerprint density at radius 2 is 2.10 bits per heavy atom. The standard InChI is InChI=1S/C14H18BrNO4/c1-3-19-14(18)7-8-16(2)13(17)10-20-12-6-4-5-11(15)9-12/h4-6,9H,3,7-8,10H2,1-2H3. The molecule has 5 nitrogen and oxygen atoms in total. The molecule has 0 spiro atoms. The Bertz CT molecular complexity index is 464. The van der Waals surface area contributed by atoms with Crippen LogP contribution in [0.4, 0.5) is 0 Å². The lowest BCUT2D eigenvalue weighted by molar-refractivity contribution is -0.144. The quantitative estimate of drug-likeness (QED) is 0.712. The first kappa shape index (κ1) is 16.5. The van der Waals surface area contributed by atoms with Gasteiger partial charge >= 0.3 is 5.97 Å². The van der Waals surface area contributed by atoms with Gasteiger partial charge in [0.25, 0.3) is 5.91 Å². The minimum atomic E-state index is -0.306. The number of hydrogen-bond donors (Lipinski definition) is 0. The zero-order valence-electron chi connectivity index (χ0n) is 11.6. The minimum Gasteiger partial charge on any atom is -0.484 e. The molecule has 0 N–H and O–H groups in total. The van der Waals surface area contributed by atoms with Crippen LogP contribution in [0.2, 0.25) is 0 Å². The maximum absolute atomic E-state index is 11.8. The van der Waals surface area contributed by atoms with Gasteiger partial charge in [-0.2, -0.15) is 0 Å². The van der Waals surface area contributed by atoms with Crippen molar-refractivity contribution in [3.05, 3.63) is 28.7 Å². The maximum atomic E-state index is 11.8. The molecule has 0 aliphatic heterocycles. The summed E-state index contributed by atoms with van der Waals surface area (Å²) in [4.78, 5) is 24.5. The molecule has 1 amide bonds. The summed E-state index contributed by atoms with van der Waals surface area (Å²) in [6.45, 7) is 2.36. The van der Waals surface area contributed by atoms with Gasteiger partial charge in [0.05, 0.1) is 13.0 Å². The SMILES string of the molecule is CCOC(=O)CCN(C)C(=O)COc1cccc(Br)c1. The number of carbonyl (C=O) groups excluding carboxylic acids is 2. The Morgan fingerprint density at radius 3 is 2.75 bits per heavy atom. The molecule has 0 unspecified atom stereocenters. The number of carbonyl (C=O) groups is 2. The molecule has 0 fully saturated rings. The van der Waals surface area contributed by atoms with Gasteiger partial charge in [0.2, 0.25) is 0 Å². The molecule has 0 saturated heterocycles. The van der Waals surface area contributed by atoms with Crippen LogP contribution >= 0.6 is 15.9 Å². The zero-order chi connectivity index (χ0) is 15.0. The van der Waals surface area contributed by atoms with Crippen LogP contribution in [-0.2, 0) is 14.3 Å². The smallest absolute Gasteiger partial charge is 0.307 e. The first-order valence-electron chi connectivity index (χ1n) is 6.31. The van der Waals surface area contributed by atoms with Crippen molar-refractivity contribution >= 4 is 27.8 Å². The molecule has 0 bridgehead atoms. The van der Waals surface area contributed by atoms with Gasteiger partial charge < -0.3 is 14.4 Å². The van der Waals surface area contributed by atoms with Gasteiger partial charge in [-0.05, 0) is 25.1 Å². The Labute approximate surface area is 127 Å². The van der Waals surface area contributed by atoms with Crippen LogP contribution in [0.5, 0.6) is 5.75 Å². The summed E-state index contributed by atoms with van der Waals surface area (Å²) in [5.41, 5.74) is 0. The molecule has 0 heterocycles. The average Bonchev–Trinajstić information content (AvgIpc) is 2.42. The van der Waals surface area contributed by atoms with E-state index in [1.807, 2.05) is 12.1 Å². The van der Waals surface area contributed by atoms with E-state index >= 15 is 0 Å². The highest BCUT2D eigenvalue weighted by Crippen LogP contribution is 2.17. The lowest BCUT2D eigenvalue weighted by Gasteiger charge is -2.17. The number of nitrogens with zero attached hydrogens (tertiary/aromatic N) is 1. The molecule has 110 valence electrons. The van der Waals surface area contributed by atoms with E-state index in [0.717, 1.165) is 4.47 Å². The minimum absolute atomic E-state index is 0.0597. The molecular weight excluding hydrogens is 326 g/mol. The van der Waals surface area contributed by atoms with Crippen LogP contribution in [0.3, 0.4) is 0 Å². The van der Waals surface area contributed by atoms with E-state index in [9.17, 15) is 9.59 Å². The first-order chi connectivity index (χ1) is 9.52. The van der Waals surface area contributed by atoms with Gasteiger partial charge in [-0.3, -0.25) is 9.59 Å². The molecule has 1 rings (SSSR count). The highest BCUT2D eigenvalue weighted by molar-refractivity contribution is 9.10. The van der Waals surface area contributed by atoms with Crippen molar-refractivity contribution < 1.29 is 19.1 Å². The zero-order valence-corrected chi connectivity index (χ0v) is 13.2. The number of ether oxygens (including phenoxy) is 2. The third kappa shape index (κ3) is 6.06. The molecular formula is C14H18BrNO4. The average molecular weight is 344 g/mol. The number of hydrogen-bond acceptors (Lipinski definition) is 4. The summed E-state index contributed by atoms with van der Waals surface area (Å²) < 4.78 is 11.1. The van der Waals surface area contributed by atoms with E-state index in [2.05, 4.69) is 15.9 Å². The van der Waals surface area contributed by atoms with Crippen LogP contribution < -0.4 is 4.74 Å². The molecule has 0 atom stereocenters. The van der Waals surface area contributed by atoms with Crippen molar-refractivity contribution in [2.45, 2.75) is 13.3 Å². The lowest BCUT2D eigenvalue weighted by Crippen LogP contribution is -2.33. The summed E-state index contributed by atoms with van der Waals surface area (Å²) in [5, 5.41) is 0. The molecule has 1 aromatic carbocycles. The van der Waals surface area contributed by atoms with Crippen LogP contribution in [0.1, 0.15) is 13.3 Å². The Kier molecular flexibility index (Phi) is 7.08. The van der Waals surface area contributed by atoms with E-state index in [0.29, 0.717) is 18.9 Å². The number of amides is 1. The Hall–Kier alpha value is -1.56. The van der Waals surface area contributed by atoms with Gasteiger partial charge in [0.15, 0.2) is 6.61 Å². The fourth-order valence-electron chi connectivity index (χ4n) is 1.43. The fourth-order valence-corrected chi connectivity index (χ4v) is 1.81. The van der Waals surface area contributed by atoms with E-state index in [4.69, 9.17) is 9.47 Å². The van der Waals surface area contributed by atoms with Crippen molar-refractivity contribution in [3.63, 3.8) is 0 Å². The second-order valence-electron chi connectivity index (χ2n) is 4.12. The summed E-state index contributed by atoms with van der Waals surface area (Å²) in [6.07, 6.45) is 0.187. The van der Waals surface area contributed by atoms with Crippen molar-refractivity contribution in [1.29, 1.82) is 0 Å². The van der Waals surface area contributed by atoms with Crippen molar-refractivity contribution in [2.75, 3.05) is 26.8 Å². The highest BCUT2D eigenvalue weighted by Gasteiger charge is 2.12. The summed E-state index contributed by atoms with van der Waals surface area (Å²) in [6, 6.07) is 7.26. The van der Waals surface area contributed by atoms with Crippen molar-refractivity contribution in [3.8, 4) is 5.75 Å². The number of esters is 1. The summed E-state index contributed by atoms with van der Waals surface area (Å²) in [5.74, 6) is 0.126. The van der Waals surface area contributed by atoms with Crippen LogP contribution in [0.25, 0.3) is 0 Å². The monoisotopic (exact) mass is 343 g/mol. The molecule has 1 aromatic rings. The second-order valence-corrected chi connectivity index (χ2v) is 5.03. The summed E-state index contributed by atoms with van der Waals surface area (Å²) >= 11 is 3.33. The molecule has 20 heavy (non-hydrogen) atoms. The van der Waals surface area contributed by atoms with E-state index < -0.39 is 0 Å². The second kappa shape index (κ2) is 8.58. The third-order valence-electron chi connectivity index (χ3n) is 2.54. The lowest BCUT2D eigenvalue weighted by atomic mass is 10.3. The van der Waals surface area contributed by atoms with E-state index in [1.54, 1.807) is 26.1 Å². The van der Waals surface area contributed by atoms with Gasteiger partial charge in [-0.1, -0.05) is 22.0 Å². The van der Waals surface area contributed by atoms with Crippen molar-refractivity contribution in [2.24, 2.45) is 0 Å². The topological polar surface area (TPSA) is 55.8 Å². The number of halogens is 1. The van der Waals surface area contributed by atoms with Gasteiger partial charge in [-0.15, -0.1) is 0 Å². The van der Waals surface area contributed by atoms with E-state index in [1.165, 1.54) is 4.90 Å². The van der Waals surface area contributed by atoms with Crippen LogP contribution in [0.15, 0.2) is 28.7 Å². The Balaban J connectivity index is 2.33. The summed E-state index contributed by atoms with van der Waals surface area (Å²) in [7, 11) is 1.63. The maximum Gasteiger partial charge on any atom is 0.307 e. The number of rotatable bonds is 7. The van der Waals surface area contributed by atoms with Crippen LogP contribution in [-0.4, -0.2) is 43.6 Å². The third-order valence-corrected chi connectivity index (χ3v) is 3.03. The molecule has 0 aliphatic rings. The number of benzene rings is 1. The molecule has 0 radical (unpaired) electrons. The number of likely N-dealkylation sites (N-methyl/N-ethyl adjacent to an activating group) is 1. The van der Waals surface area contributed by atoms with Gasteiger partial charge in [-0.25, -0.2) is 0 Å². The van der Waals surface area contributed by atoms with Crippen molar-refractivity contribution in [1.82, 2.24) is 4.90 Å². The Morgan fingerprint density at radius 1 is 1.35 bits per heavy atom. The predicted octanol–water partition coefficient (Wildman–Crippen LogP) is 2.24.